The number of carbonyl (C=O) groups is 1. The minimum atomic E-state index is -0.596. The molecule has 3 heterocycles. The second-order valence-corrected chi connectivity index (χ2v) is 7.85. The number of hydrogen-bond donors (Lipinski definition) is 1. The smallest absolute Gasteiger partial charge is 0.332 e. The van der Waals surface area contributed by atoms with E-state index < -0.39 is 17.1 Å². The first-order chi connectivity index (χ1) is 15.4. The molecule has 0 aliphatic rings. The van der Waals surface area contributed by atoms with E-state index >= 15 is 0 Å². The molecule has 9 nitrogen and oxygen atoms in total. The molecular formula is C21H18FN5O4S. The van der Waals surface area contributed by atoms with Crippen LogP contribution in [0.5, 0.6) is 0 Å². The molecule has 0 saturated heterocycles. The van der Waals surface area contributed by atoms with Crippen LogP contribution in [0.3, 0.4) is 0 Å². The second-order valence-electron chi connectivity index (χ2n) is 6.88. The Kier molecular flexibility index (Phi) is 5.91. The van der Waals surface area contributed by atoms with Crippen molar-refractivity contribution in [3.8, 4) is 11.4 Å². The predicted molar refractivity (Wildman–Crippen MR) is 117 cm³/mol. The van der Waals surface area contributed by atoms with Gasteiger partial charge in [-0.05, 0) is 24.3 Å². The Balaban J connectivity index is 1.75. The minimum absolute atomic E-state index is 0.0114. The molecule has 0 atom stereocenters. The maximum Gasteiger partial charge on any atom is 0.332 e. The molecule has 0 spiro atoms. The third-order valence-corrected chi connectivity index (χ3v) is 5.74. The van der Waals surface area contributed by atoms with Gasteiger partial charge in [-0.1, -0.05) is 23.9 Å². The average molecular weight is 455 g/mol. The lowest BCUT2D eigenvalue weighted by atomic mass is 10.2. The van der Waals surface area contributed by atoms with Gasteiger partial charge in [0.15, 0.2) is 11.5 Å². The van der Waals surface area contributed by atoms with Crippen LogP contribution in [0.4, 0.5) is 4.39 Å². The molecule has 3 aromatic heterocycles. The Morgan fingerprint density at radius 3 is 2.62 bits per heavy atom. The molecule has 1 N–H and O–H groups in total. The third-order valence-electron chi connectivity index (χ3n) is 4.76. The standard InChI is InChI=1S/C21H18FN5O4S/c1-26-18-16(20(29)27(2)21(26)30)19(25-17(24-18)13-7-3-4-8-14(13)22)32-11-15(28)23-10-12-6-5-9-31-12/h3-9H,10-11H2,1-2H3,(H,23,28). The topological polar surface area (TPSA) is 112 Å². The van der Waals surface area contributed by atoms with E-state index in [0.717, 1.165) is 16.3 Å². The molecule has 11 heteroatoms. The summed E-state index contributed by atoms with van der Waals surface area (Å²) in [6, 6.07) is 9.37. The molecule has 0 bridgehead atoms. The summed E-state index contributed by atoms with van der Waals surface area (Å²) in [6.45, 7) is 0.216. The van der Waals surface area contributed by atoms with Crippen molar-refractivity contribution in [3.63, 3.8) is 0 Å². The van der Waals surface area contributed by atoms with Crippen LogP contribution < -0.4 is 16.6 Å². The number of amides is 1. The Morgan fingerprint density at radius 2 is 1.91 bits per heavy atom. The van der Waals surface area contributed by atoms with Crippen LogP contribution in [0.1, 0.15) is 5.76 Å². The maximum absolute atomic E-state index is 14.4. The lowest BCUT2D eigenvalue weighted by Gasteiger charge is -2.12. The normalized spacial score (nSPS) is 11.1. The average Bonchev–Trinajstić information content (AvgIpc) is 3.32. The third kappa shape index (κ3) is 4.06. The van der Waals surface area contributed by atoms with Crippen molar-refractivity contribution in [1.82, 2.24) is 24.4 Å². The Labute approximate surface area is 184 Å². The summed E-state index contributed by atoms with van der Waals surface area (Å²) in [5, 5.41) is 2.97. The number of thioether (sulfide) groups is 1. The molecule has 164 valence electrons. The summed E-state index contributed by atoms with van der Waals surface area (Å²) in [6.07, 6.45) is 1.51. The molecule has 4 rings (SSSR count). The van der Waals surface area contributed by atoms with E-state index in [4.69, 9.17) is 4.42 Å². The minimum Gasteiger partial charge on any atom is -0.467 e. The molecular weight excluding hydrogens is 437 g/mol. The van der Waals surface area contributed by atoms with Crippen LogP contribution in [0.15, 0.2) is 61.7 Å². The highest BCUT2D eigenvalue weighted by molar-refractivity contribution is 8.00. The van der Waals surface area contributed by atoms with Crippen molar-refractivity contribution in [2.45, 2.75) is 11.6 Å². The van der Waals surface area contributed by atoms with E-state index in [0.29, 0.717) is 5.76 Å². The van der Waals surface area contributed by atoms with Gasteiger partial charge in [-0.2, -0.15) is 0 Å². The lowest BCUT2D eigenvalue weighted by molar-refractivity contribution is -0.118. The summed E-state index contributed by atoms with van der Waals surface area (Å²) in [7, 11) is 2.81. The number of aromatic nitrogens is 4. The number of nitrogens with one attached hydrogen (secondary N) is 1. The van der Waals surface area contributed by atoms with Crippen LogP contribution in [0.2, 0.25) is 0 Å². The summed E-state index contributed by atoms with van der Waals surface area (Å²) in [5.41, 5.74) is -0.994. The first-order valence-corrected chi connectivity index (χ1v) is 10.5. The molecule has 0 radical (unpaired) electrons. The van der Waals surface area contributed by atoms with Gasteiger partial charge >= 0.3 is 5.69 Å². The zero-order valence-corrected chi connectivity index (χ0v) is 18.0. The van der Waals surface area contributed by atoms with Crippen LogP contribution in [0, 0.1) is 5.82 Å². The van der Waals surface area contributed by atoms with Gasteiger partial charge in [-0.25, -0.2) is 19.2 Å². The first-order valence-electron chi connectivity index (χ1n) is 9.51. The number of fused-ring (bicyclic) bond motifs is 1. The molecule has 4 aromatic rings. The Morgan fingerprint density at radius 1 is 1.12 bits per heavy atom. The Hall–Kier alpha value is -3.73. The van der Waals surface area contributed by atoms with Crippen LogP contribution >= 0.6 is 11.8 Å². The molecule has 0 saturated carbocycles. The van der Waals surface area contributed by atoms with Crippen molar-refractivity contribution in [2.24, 2.45) is 14.1 Å². The maximum atomic E-state index is 14.4. The molecule has 0 unspecified atom stereocenters. The van der Waals surface area contributed by atoms with E-state index in [1.165, 1.54) is 43.1 Å². The number of furan rings is 1. The van der Waals surface area contributed by atoms with Gasteiger partial charge < -0.3 is 9.73 Å². The second kappa shape index (κ2) is 8.79. The number of halogens is 1. The fourth-order valence-corrected chi connectivity index (χ4v) is 3.92. The van der Waals surface area contributed by atoms with E-state index in [1.807, 2.05) is 0 Å². The van der Waals surface area contributed by atoms with Crippen LogP contribution in [-0.2, 0) is 25.4 Å². The quantitative estimate of drug-likeness (QED) is 0.349. The summed E-state index contributed by atoms with van der Waals surface area (Å²) in [4.78, 5) is 46.2. The predicted octanol–water partition coefficient (Wildman–Crippen LogP) is 1.83. The molecule has 0 aliphatic heterocycles. The van der Waals surface area contributed by atoms with Crippen LogP contribution in [-0.4, -0.2) is 30.8 Å². The Bertz CT molecular complexity index is 1430. The molecule has 1 aromatic carbocycles. The number of rotatable bonds is 6. The van der Waals surface area contributed by atoms with Crippen molar-refractivity contribution in [2.75, 3.05) is 5.75 Å². The molecule has 0 aliphatic carbocycles. The molecule has 32 heavy (non-hydrogen) atoms. The van der Waals surface area contributed by atoms with Gasteiger partial charge in [0.2, 0.25) is 5.91 Å². The van der Waals surface area contributed by atoms with Gasteiger partial charge in [0.25, 0.3) is 5.56 Å². The van der Waals surface area contributed by atoms with Crippen molar-refractivity contribution >= 4 is 28.7 Å². The first kappa shape index (κ1) is 21.5. The van der Waals surface area contributed by atoms with Gasteiger partial charge in [0.05, 0.1) is 24.1 Å². The number of nitrogens with zero attached hydrogens (tertiary/aromatic N) is 4. The number of carbonyl (C=O) groups excluding carboxylic acids is 1. The summed E-state index contributed by atoms with van der Waals surface area (Å²) in [5.74, 6) is -0.311. The van der Waals surface area contributed by atoms with Crippen molar-refractivity contribution < 1.29 is 13.6 Å². The summed E-state index contributed by atoms with van der Waals surface area (Å²) < 4.78 is 21.7. The van der Waals surface area contributed by atoms with E-state index in [-0.39, 0.29) is 45.7 Å². The fourth-order valence-electron chi connectivity index (χ4n) is 3.08. The van der Waals surface area contributed by atoms with Crippen molar-refractivity contribution in [3.05, 3.63) is 75.1 Å². The monoisotopic (exact) mass is 455 g/mol. The van der Waals surface area contributed by atoms with Gasteiger partial charge in [0, 0.05) is 14.1 Å². The number of hydrogen-bond acceptors (Lipinski definition) is 7. The molecule has 0 fully saturated rings. The van der Waals surface area contributed by atoms with E-state index in [2.05, 4.69) is 15.3 Å². The largest absolute Gasteiger partial charge is 0.467 e. The van der Waals surface area contributed by atoms with Gasteiger partial charge in [-0.15, -0.1) is 0 Å². The highest BCUT2D eigenvalue weighted by Crippen LogP contribution is 2.27. The number of aryl methyl sites for hydroxylation is 1. The van der Waals surface area contributed by atoms with Gasteiger partial charge in [-0.3, -0.25) is 18.7 Å². The zero-order valence-electron chi connectivity index (χ0n) is 17.2. The highest BCUT2D eigenvalue weighted by Gasteiger charge is 2.20. The fraction of sp³-hybridized carbons (Fsp3) is 0.190. The zero-order chi connectivity index (χ0) is 22.8. The van der Waals surface area contributed by atoms with Crippen molar-refractivity contribution in [1.29, 1.82) is 0 Å². The lowest BCUT2D eigenvalue weighted by Crippen LogP contribution is -2.37. The van der Waals surface area contributed by atoms with Gasteiger partial charge in [0.1, 0.15) is 22.0 Å². The van der Waals surface area contributed by atoms with E-state index in [9.17, 15) is 18.8 Å². The summed E-state index contributed by atoms with van der Waals surface area (Å²) >= 11 is 1.00. The van der Waals surface area contributed by atoms with E-state index in [1.54, 1.807) is 18.2 Å². The SMILES string of the molecule is Cn1c(=O)c2c(SCC(=O)NCc3ccco3)nc(-c3ccccc3F)nc2n(C)c1=O. The molecule has 1 amide bonds. The van der Waals surface area contributed by atoms with Crippen LogP contribution in [0.25, 0.3) is 22.4 Å². The highest BCUT2D eigenvalue weighted by atomic mass is 32.2. The number of benzene rings is 1.